The van der Waals surface area contributed by atoms with Crippen LogP contribution in [0.3, 0.4) is 0 Å². The van der Waals surface area contributed by atoms with Crippen LogP contribution in [0.2, 0.25) is 0 Å². The monoisotopic (exact) mass is 359 g/mol. The van der Waals surface area contributed by atoms with Crippen molar-refractivity contribution < 1.29 is 0 Å². The molecule has 1 aliphatic heterocycles. The van der Waals surface area contributed by atoms with E-state index < -0.39 is 0 Å². The van der Waals surface area contributed by atoms with E-state index in [-0.39, 0.29) is 5.56 Å². The van der Waals surface area contributed by atoms with Gasteiger partial charge in [0.05, 0.1) is 16.6 Å². The molecule has 0 saturated heterocycles. The number of nitrogens with two attached hydrogens (primary N) is 1. The molecule has 0 saturated carbocycles. The van der Waals surface area contributed by atoms with Gasteiger partial charge >= 0.3 is 0 Å². The number of benzene rings is 2. The molecule has 6 heteroatoms. The van der Waals surface area contributed by atoms with E-state index >= 15 is 0 Å². The number of hydrogen-bond donors (Lipinski definition) is 2. The molecule has 27 heavy (non-hydrogen) atoms. The molecule has 0 amide bonds. The number of nitrogens with one attached hydrogen (secondary N) is 1. The summed E-state index contributed by atoms with van der Waals surface area (Å²) < 4.78 is 1.55. The Bertz CT molecular complexity index is 1130. The quantitative estimate of drug-likeness (QED) is 0.555. The van der Waals surface area contributed by atoms with Crippen molar-refractivity contribution in [3.63, 3.8) is 0 Å². The molecular weight excluding hydrogens is 338 g/mol. The van der Waals surface area contributed by atoms with Crippen LogP contribution in [0.5, 0.6) is 0 Å². The Kier molecular flexibility index (Phi) is 4.56. The summed E-state index contributed by atoms with van der Waals surface area (Å²) >= 11 is 0. The smallest absolute Gasteiger partial charge is 0.265 e. The molecular formula is C21H21N5O. The van der Waals surface area contributed by atoms with Gasteiger partial charge in [-0.05, 0) is 54.4 Å². The summed E-state index contributed by atoms with van der Waals surface area (Å²) in [5.74, 6) is 0. The fourth-order valence-electron chi connectivity index (χ4n) is 3.35. The summed E-state index contributed by atoms with van der Waals surface area (Å²) in [5, 5.41) is 3.92. The first kappa shape index (κ1) is 17.2. The highest BCUT2D eigenvalue weighted by Gasteiger charge is 2.11. The van der Waals surface area contributed by atoms with Gasteiger partial charge in [-0.2, -0.15) is 0 Å². The Labute approximate surface area is 157 Å². The largest absolute Gasteiger partial charge is 0.398 e. The molecule has 0 fully saturated rings. The highest BCUT2D eigenvalue weighted by Crippen LogP contribution is 2.22. The van der Waals surface area contributed by atoms with Crippen molar-refractivity contribution in [2.24, 2.45) is 4.99 Å². The zero-order valence-electron chi connectivity index (χ0n) is 15.1. The summed E-state index contributed by atoms with van der Waals surface area (Å²) in [5.41, 5.74) is 11.0. The molecule has 1 aromatic heterocycles. The first-order valence-electron chi connectivity index (χ1n) is 8.91. The summed E-state index contributed by atoms with van der Waals surface area (Å²) in [6, 6.07) is 11.3. The van der Waals surface area contributed by atoms with Crippen LogP contribution in [0.1, 0.15) is 17.5 Å². The minimum absolute atomic E-state index is 0.0967. The number of anilines is 1. The SMILES string of the molecule is CN=Cc1cc(-n2cnc3ccc(C4=CCNCC4)cc3c2=O)ccc1N. The van der Waals surface area contributed by atoms with Crippen LogP contribution in [-0.2, 0) is 0 Å². The molecule has 1 aliphatic rings. The van der Waals surface area contributed by atoms with E-state index in [0.29, 0.717) is 22.3 Å². The Morgan fingerprint density at radius 3 is 2.93 bits per heavy atom. The highest BCUT2D eigenvalue weighted by atomic mass is 16.1. The Morgan fingerprint density at radius 2 is 2.15 bits per heavy atom. The summed E-state index contributed by atoms with van der Waals surface area (Å²) in [6.45, 7) is 1.81. The lowest BCUT2D eigenvalue weighted by molar-refractivity contribution is 0.738. The van der Waals surface area contributed by atoms with E-state index in [1.807, 2.05) is 30.3 Å². The summed E-state index contributed by atoms with van der Waals surface area (Å²) in [7, 11) is 1.69. The number of aromatic nitrogens is 2. The van der Waals surface area contributed by atoms with Crippen LogP contribution < -0.4 is 16.6 Å². The lowest BCUT2D eigenvalue weighted by atomic mass is 9.99. The minimum Gasteiger partial charge on any atom is -0.398 e. The second kappa shape index (κ2) is 7.17. The molecule has 0 atom stereocenters. The van der Waals surface area contributed by atoms with Gasteiger partial charge in [0.15, 0.2) is 0 Å². The zero-order chi connectivity index (χ0) is 18.8. The maximum absolute atomic E-state index is 13.1. The predicted molar refractivity (Wildman–Crippen MR) is 111 cm³/mol. The van der Waals surface area contributed by atoms with Gasteiger partial charge < -0.3 is 11.1 Å². The molecule has 2 heterocycles. The third kappa shape index (κ3) is 3.27. The molecule has 2 aromatic carbocycles. The zero-order valence-corrected chi connectivity index (χ0v) is 15.1. The van der Waals surface area contributed by atoms with Gasteiger partial charge in [-0.1, -0.05) is 12.1 Å². The minimum atomic E-state index is -0.0967. The standard InChI is InChI=1S/C21H21N5O/c1-23-12-16-10-17(3-4-19(16)22)26-13-25-20-5-2-15(11-18(20)21(26)27)14-6-8-24-9-7-14/h2-6,10-13,24H,7-9,22H2,1H3. The molecule has 0 unspecified atom stereocenters. The Morgan fingerprint density at radius 1 is 1.26 bits per heavy atom. The van der Waals surface area contributed by atoms with E-state index in [9.17, 15) is 4.79 Å². The van der Waals surface area contributed by atoms with Crippen molar-refractivity contribution in [2.45, 2.75) is 6.42 Å². The van der Waals surface area contributed by atoms with Gasteiger partial charge in [-0.25, -0.2) is 4.98 Å². The van der Waals surface area contributed by atoms with Crippen molar-refractivity contribution in [1.82, 2.24) is 14.9 Å². The van der Waals surface area contributed by atoms with E-state index in [1.165, 1.54) is 5.57 Å². The molecule has 0 aliphatic carbocycles. The Hall–Kier alpha value is -3.25. The van der Waals surface area contributed by atoms with E-state index in [1.54, 1.807) is 30.2 Å². The number of rotatable bonds is 3. The van der Waals surface area contributed by atoms with Gasteiger partial charge in [-0.3, -0.25) is 14.4 Å². The van der Waals surface area contributed by atoms with Crippen LogP contribution in [0, 0.1) is 0 Å². The van der Waals surface area contributed by atoms with Crippen LogP contribution in [0.4, 0.5) is 5.69 Å². The van der Waals surface area contributed by atoms with Crippen molar-refractivity contribution in [2.75, 3.05) is 25.9 Å². The highest BCUT2D eigenvalue weighted by molar-refractivity contribution is 5.88. The third-order valence-corrected chi connectivity index (χ3v) is 4.81. The molecule has 0 bridgehead atoms. The number of nitrogens with zero attached hydrogens (tertiary/aromatic N) is 3. The third-order valence-electron chi connectivity index (χ3n) is 4.81. The number of hydrogen-bond acceptors (Lipinski definition) is 5. The average Bonchev–Trinajstić information content (AvgIpc) is 2.71. The average molecular weight is 359 g/mol. The maximum Gasteiger partial charge on any atom is 0.265 e. The summed E-state index contributed by atoms with van der Waals surface area (Å²) in [6.07, 6.45) is 6.38. The van der Waals surface area contributed by atoms with Crippen LogP contribution >= 0.6 is 0 Å². The molecule has 3 aromatic rings. The van der Waals surface area contributed by atoms with Gasteiger partial charge in [0.2, 0.25) is 0 Å². The Balaban J connectivity index is 1.85. The van der Waals surface area contributed by atoms with E-state index in [0.717, 1.165) is 30.6 Å². The second-order valence-corrected chi connectivity index (χ2v) is 6.54. The molecule has 6 nitrogen and oxygen atoms in total. The van der Waals surface area contributed by atoms with Crippen molar-refractivity contribution >= 4 is 28.4 Å². The second-order valence-electron chi connectivity index (χ2n) is 6.54. The first-order chi connectivity index (χ1) is 13.2. The van der Waals surface area contributed by atoms with Crippen molar-refractivity contribution in [1.29, 1.82) is 0 Å². The van der Waals surface area contributed by atoms with Crippen LogP contribution in [0.25, 0.3) is 22.2 Å². The fourth-order valence-corrected chi connectivity index (χ4v) is 3.35. The van der Waals surface area contributed by atoms with Gasteiger partial charge in [0.25, 0.3) is 5.56 Å². The van der Waals surface area contributed by atoms with Crippen LogP contribution in [0.15, 0.2) is 58.6 Å². The number of nitrogen functional groups attached to an aromatic ring is 1. The molecule has 4 rings (SSSR count). The van der Waals surface area contributed by atoms with Gasteiger partial charge in [-0.15, -0.1) is 0 Å². The normalized spacial score (nSPS) is 14.6. The first-order valence-corrected chi connectivity index (χ1v) is 8.91. The lowest BCUT2D eigenvalue weighted by Crippen LogP contribution is -2.21. The molecule has 136 valence electrons. The number of fused-ring (bicyclic) bond motifs is 1. The van der Waals surface area contributed by atoms with E-state index in [2.05, 4.69) is 21.4 Å². The topological polar surface area (TPSA) is 85.3 Å². The number of aliphatic imine (C=N–C) groups is 1. The summed E-state index contributed by atoms with van der Waals surface area (Å²) in [4.78, 5) is 21.6. The maximum atomic E-state index is 13.1. The predicted octanol–water partition coefficient (Wildman–Crippen LogP) is 2.39. The van der Waals surface area contributed by atoms with Gasteiger partial charge in [0.1, 0.15) is 6.33 Å². The lowest BCUT2D eigenvalue weighted by Gasteiger charge is -2.15. The van der Waals surface area contributed by atoms with Crippen LogP contribution in [-0.4, -0.2) is 35.9 Å². The van der Waals surface area contributed by atoms with E-state index in [4.69, 9.17) is 5.73 Å². The fraction of sp³-hybridized carbons (Fsp3) is 0.190. The molecule has 0 radical (unpaired) electrons. The van der Waals surface area contributed by atoms with Gasteiger partial charge in [0, 0.05) is 31.1 Å². The molecule has 3 N–H and O–H groups in total. The van der Waals surface area contributed by atoms with Crippen molar-refractivity contribution in [3.8, 4) is 5.69 Å². The van der Waals surface area contributed by atoms with Crippen molar-refractivity contribution in [3.05, 3.63) is 70.3 Å². The molecule has 0 spiro atoms.